The highest BCUT2D eigenvalue weighted by Gasteiger charge is 2.24. The van der Waals surface area contributed by atoms with Crippen LogP contribution >= 0.6 is 0 Å². The number of ether oxygens (including phenoxy) is 1. The molecule has 0 saturated carbocycles. The van der Waals surface area contributed by atoms with Crippen LogP contribution in [0.15, 0.2) is 0 Å². The van der Waals surface area contributed by atoms with Gasteiger partial charge in [-0.15, -0.1) is 0 Å². The van der Waals surface area contributed by atoms with Crippen LogP contribution in [0.2, 0.25) is 0 Å². The zero-order chi connectivity index (χ0) is 11.3. The van der Waals surface area contributed by atoms with Crippen molar-refractivity contribution in [3.05, 3.63) is 0 Å². The zero-order valence-electron chi connectivity index (χ0n) is 9.95. The molecule has 2 atom stereocenters. The van der Waals surface area contributed by atoms with Crippen LogP contribution in [-0.2, 0) is 9.53 Å². The van der Waals surface area contributed by atoms with E-state index in [-0.39, 0.29) is 18.0 Å². The second-order valence-corrected chi connectivity index (χ2v) is 4.17. The number of carbonyl (C=O) groups excluding carboxylic acids is 1. The smallest absolute Gasteiger partial charge is 0.224 e. The third-order valence-electron chi connectivity index (χ3n) is 2.72. The minimum Gasteiger partial charge on any atom is -0.377 e. The van der Waals surface area contributed by atoms with Gasteiger partial charge in [-0.2, -0.15) is 0 Å². The van der Waals surface area contributed by atoms with Crippen LogP contribution in [0.25, 0.3) is 0 Å². The minimum absolute atomic E-state index is 0.222. The van der Waals surface area contributed by atoms with Gasteiger partial charge in [-0.25, -0.2) is 0 Å². The van der Waals surface area contributed by atoms with E-state index >= 15 is 0 Å². The number of morpholine rings is 1. The summed E-state index contributed by atoms with van der Waals surface area (Å²) in [6, 6.07) is 0.484. The summed E-state index contributed by atoms with van der Waals surface area (Å²) in [5.41, 5.74) is 0. The molecule has 0 radical (unpaired) electrons. The number of rotatable bonds is 4. The Bertz CT molecular complexity index is 209. The molecule has 1 N–H and O–H groups in total. The number of hydrogen-bond donors (Lipinski definition) is 1. The molecule has 0 spiro atoms. The van der Waals surface area contributed by atoms with E-state index in [2.05, 4.69) is 12.2 Å². The van der Waals surface area contributed by atoms with Crippen LogP contribution in [0, 0.1) is 0 Å². The summed E-state index contributed by atoms with van der Waals surface area (Å²) in [7, 11) is 0. The van der Waals surface area contributed by atoms with Gasteiger partial charge in [0.15, 0.2) is 0 Å². The largest absolute Gasteiger partial charge is 0.377 e. The van der Waals surface area contributed by atoms with Crippen molar-refractivity contribution in [2.45, 2.75) is 39.3 Å². The molecule has 15 heavy (non-hydrogen) atoms. The van der Waals surface area contributed by atoms with Gasteiger partial charge in [0, 0.05) is 19.0 Å². The van der Waals surface area contributed by atoms with E-state index in [0.29, 0.717) is 19.6 Å². The van der Waals surface area contributed by atoms with E-state index in [1.54, 1.807) is 0 Å². The fraction of sp³-hybridized carbons (Fsp3) is 0.909. The topological polar surface area (TPSA) is 41.6 Å². The number of carbonyl (C=O) groups is 1. The maximum atomic E-state index is 11.9. The summed E-state index contributed by atoms with van der Waals surface area (Å²) >= 11 is 0. The average molecular weight is 214 g/mol. The first-order valence-electron chi connectivity index (χ1n) is 5.75. The summed E-state index contributed by atoms with van der Waals surface area (Å²) in [4.78, 5) is 13.9. The van der Waals surface area contributed by atoms with Crippen LogP contribution in [0.4, 0.5) is 0 Å². The van der Waals surface area contributed by atoms with E-state index < -0.39 is 0 Å². The molecule has 4 heteroatoms. The molecule has 88 valence electrons. The third kappa shape index (κ3) is 3.80. The third-order valence-corrected chi connectivity index (χ3v) is 2.72. The molecule has 0 aliphatic carbocycles. The van der Waals surface area contributed by atoms with E-state index in [9.17, 15) is 4.79 Å². The van der Waals surface area contributed by atoms with Gasteiger partial charge in [-0.3, -0.25) is 4.79 Å². The molecular weight excluding hydrogens is 192 g/mol. The van der Waals surface area contributed by atoms with Crippen LogP contribution in [0.5, 0.6) is 0 Å². The molecule has 0 aromatic carbocycles. The molecule has 0 aromatic heterocycles. The van der Waals surface area contributed by atoms with Gasteiger partial charge in [0.05, 0.1) is 19.3 Å². The van der Waals surface area contributed by atoms with E-state index in [4.69, 9.17) is 4.74 Å². The molecule has 1 amide bonds. The monoisotopic (exact) mass is 214 g/mol. The van der Waals surface area contributed by atoms with Gasteiger partial charge in [0.2, 0.25) is 5.91 Å². The molecule has 1 rings (SSSR count). The number of amides is 1. The molecule has 1 aliphatic heterocycles. The van der Waals surface area contributed by atoms with Crippen LogP contribution in [-0.4, -0.2) is 49.2 Å². The van der Waals surface area contributed by atoms with Crippen molar-refractivity contribution in [1.82, 2.24) is 10.2 Å². The standard InChI is InChI=1S/C11H22N2O2/c1-4-12-9(2)7-11(14)13-5-6-15-8-10(13)3/h9-10,12H,4-8H2,1-3H3. The summed E-state index contributed by atoms with van der Waals surface area (Å²) in [6.07, 6.45) is 0.582. The Labute approximate surface area is 92.0 Å². The second kappa shape index (κ2) is 6.08. The van der Waals surface area contributed by atoms with Crippen molar-refractivity contribution in [1.29, 1.82) is 0 Å². The van der Waals surface area contributed by atoms with E-state index in [0.717, 1.165) is 13.1 Å². The fourth-order valence-electron chi connectivity index (χ4n) is 1.90. The molecule has 1 saturated heterocycles. The van der Waals surface area contributed by atoms with Crippen molar-refractivity contribution >= 4 is 5.91 Å². The Kier molecular flexibility index (Phi) is 5.05. The summed E-state index contributed by atoms with van der Waals surface area (Å²) in [5, 5.41) is 3.25. The van der Waals surface area contributed by atoms with Crippen LogP contribution in [0.3, 0.4) is 0 Å². The molecular formula is C11H22N2O2. The number of nitrogens with zero attached hydrogens (tertiary/aromatic N) is 1. The summed E-state index contributed by atoms with van der Waals surface area (Å²) in [6.45, 7) is 9.12. The Balaban J connectivity index is 2.37. The first kappa shape index (κ1) is 12.5. The number of hydrogen-bond acceptors (Lipinski definition) is 3. The van der Waals surface area contributed by atoms with Crippen LogP contribution < -0.4 is 5.32 Å². The lowest BCUT2D eigenvalue weighted by Gasteiger charge is -2.34. The summed E-state index contributed by atoms with van der Waals surface area (Å²) < 4.78 is 5.31. The minimum atomic E-state index is 0.222. The highest BCUT2D eigenvalue weighted by atomic mass is 16.5. The molecule has 1 fully saturated rings. The van der Waals surface area contributed by atoms with Gasteiger partial charge >= 0.3 is 0 Å². The summed E-state index contributed by atoms with van der Waals surface area (Å²) in [5.74, 6) is 0.235. The number of nitrogens with one attached hydrogen (secondary N) is 1. The molecule has 1 aliphatic rings. The molecule has 0 aromatic rings. The molecule has 4 nitrogen and oxygen atoms in total. The highest BCUT2D eigenvalue weighted by Crippen LogP contribution is 2.09. The lowest BCUT2D eigenvalue weighted by Crippen LogP contribution is -2.48. The second-order valence-electron chi connectivity index (χ2n) is 4.17. The van der Waals surface area contributed by atoms with Crippen molar-refractivity contribution in [2.75, 3.05) is 26.3 Å². The van der Waals surface area contributed by atoms with Crippen molar-refractivity contribution in [3.8, 4) is 0 Å². The predicted molar refractivity (Wildman–Crippen MR) is 59.7 cm³/mol. The predicted octanol–water partition coefficient (Wildman–Crippen LogP) is 0.622. The molecule has 2 unspecified atom stereocenters. The van der Waals surface area contributed by atoms with Gasteiger partial charge in [-0.1, -0.05) is 6.92 Å². The Morgan fingerprint density at radius 1 is 1.67 bits per heavy atom. The first-order valence-corrected chi connectivity index (χ1v) is 5.75. The quantitative estimate of drug-likeness (QED) is 0.746. The fourth-order valence-corrected chi connectivity index (χ4v) is 1.90. The highest BCUT2D eigenvalue weighted by molar-refractivity contribution is 5.77. The van der Waals surface area contributed by atoms with E-state index in [1.807, 2.05) is 18.7 Å². The lowest BCUT2D eigenvalue weighted by molar-refractivity contribution is -0.139. The maximum absolute atomic E-state index is 11.9. The Morgan fingerprint density at radius 3 is 3.00 bits per heavy atom. The van der Waals surface area contributed by atoms with Crippen molar-refractivity contribution in [3.63, 3.8) is 0 Å². The average Bonchev–Trinajstić information content (AvgIpc) is 2.18. The van der Waals surface area contributed by atoms with Crippen LogP contribution in [0.1, 0.15) is 27.2 Å². The first-order chi connectivity index (χ1) is 7.15. The van der Waals surface area contributed by atoms with Gasteiger partial charge < -0.3 is 15.0 Å². The maximum Gasteiger partial charge on any atom is 0.224 e. The Hall–Kier alpha value is -0.610. The normalized spacial score (nSPS) is 23.9. The van der Waals surface area contributed by atoms with E-state index in [1.165, 1.54) is 0 Å². The van der Waals surface area contributed by atoms with Gasteiger partial charge in [-0.05, 0) is 20.4 Å². The SMILES string of the molecule is CCNC(C)CC(=O)N1CCOCC1C. The van der Waals surface area contributed by atoms with Crippen molar-refractivity contribution in [2.24, 2.45) is 0 Å². The van der Waals surface area contributed by atoms with Gasteiger partial charge in [0.1, 0.15) is 0 Å². The zero-order valence-corrected chi connectivity index (χ0v) is 9.95. The molecule has 0 bridgehead atoms. The Morgan fingerprint density at radius 2 is 2.40 bits per heavy atom. The molecule has 1 heterocycles. The van der Waals surface area contributed by atoms with Crippen molar-refractivity contribution < 1.29 is 9.53 Å². The van der Waals surface area contributed by atoms with Gasteiger partial charge in [0.25, 0.3) is 0 Å². The lowest BCUT2D eigenvalue weighted by atomic mass is 10.1.